The van der Waals surface area contributed by atoms with E-state index < -0.39 is 18.1 Å². The van der Waals surface area contributed by atoms with Gasteiger partial charge in [0.2, 0.25) is 0 Å². The van der Waals surface area contributed by atoms with Gasteiger partial charge >= 0.3 is 12.1 Å². The second kappa shape index (κ2) is 9.59. The monoisotopic (exact) mass is 439 g/mol. The zero-order valence-electron chi connectivity index (χ0n) is 14.2. The van der Waals surface area contributed by atoms with Crippen molar-refractivity contribution in [2.45, 2.75) is 26.0 Å². The molecule has 2 rings (SSSR count). The third kappa shape index (κ3) is 5.22. The maximum Gasteiger partial charge on any atom is 0.411 e. The van der Waals surface area contributed by atoms with E-state index in [2.05, 4.69) is 15.9 Å². The van der Waals surface area contributed by atoms with E-state index in [0.717, 1.165) is 10.0 Å². The molecule has 1 atom stereocenters. The van der Waals surface area contributed by atoms with Crippen LogP contribution in [-0.2, 0) is 16.1 Å². The van der Waals surface area contributed by atoms with Gasteiger partial charge in [-0.25, -0.2) is 9.59 Å². The van der Waals surface area contributed by atoms with Crippen LogP contribution >= 0.6 is 27.5 Å². The highest BCUT2D eigenvalue weighted by molar-refractivity contribution is 9.10. The molecular weight excluding hydrogens is 422 g/mol. The number of nitrogens with zero attached hydrogens (tertiary/aromatic N) is 1. The molecule has 1 amide bonds. The van der Waals surface area contributed by atoms with Gasteiger partial charge in [0.15, 0.2) is 6.04 Å². The first kappa shape index (κ1) is 20.3. The number of hydrogen-bond donors (Lipinski definition) is 1. The van der Waals surface area contributed by atoms with Crippen molar-refractivity contribution < 1.29 is 19.4 Å². The summed E-state index contributed by atoms with van der Waals surface area (Å²) in [7, 11) is 0. The number of rotatable bonds is 7. The number of carbonyl (C=O) groups is 2. The second-order valence-corrected chi connectivity index (χ2v) is 6.96. The van der Waals surface area contributed by atoms with Crippen LogP contribution in [0.5, 0.6) is 0 Å². The van der Waals surface area contributed by atoms with E-state index >= 15 is 0 Å². The Labute approximate surface area is 165 Å². The van der Waals surface area contributed by atoms with Gasteiger partial charge in [-0.15, -0.1) is 0 Å². The van der Waals surface area contributed by atoms with Crippen LogP contribution < -0.4 is 0 Å². The number of carboxylic acid groups (broad SMARTS) is 1. The van der Waals surface area contributed by atoms with Crippen molar-refractivity contribution in [3.8, 4) is 0 Å². The van der Waals surface area contributed by atoms with Gasteiger partial charge in [0.25, 0.3) is 0 Å². The minimum Gasteiger partial charge on any atom is -0.479 e. The summed E-state index contributed by atoms with van der Waals surface area (Å²) in [6.45, 7) is 2.16. The third-order valence-corrected chi connectivity index (χ3v) is 4.53. The summed E-state index contributed by atoms with van der Waals surface area (Å²) >= 11 is 9.51. The van der Waals surface area contributed by atoms with Crippen molar-refractivity contribution in [2.24, 2.45) is 0 Å². The lowest BCUT2D eigenvalue weighted by Crippen LogP contribution is -2.40. The Kier molecular flexibility index (Phi) is 7.48. The Morgan fingerprint density at radius 2 is 1.92 bits per heavy atom. The average Bonchev–Trinajstić information content (AvgIpc) is 2.61. The lowest BCUT2D eigenvalue weighted by Gasteiger charge is -2.28. The van der Waals surface area contributed by atoms with Gasteiger partial charge in [0.1, 0.15) is 6.61 Å². The zero-order valence-corrected chi connectivity index (χ0v) is 16.5. The molecule has 138 valence electrons. The lowest BCUT2D eigenvalue weighted by atomic mass is 10.1. The molecule has 0 heterocycles. The molecule has 7 heteroatoms. The third-order valence-electron chi connectivity index (χ3n) is 3.71. The first-order valence-electron chi connectivity index (χ1n) is 8.09. The molecule has 2 aromatic rings. The summed E-state index contributed by atoms with van der Waals surface area (Å²) in [5.41, 5.74) is 1.17. The number of carboxylic acids is 1. The number of amides is 1. The predicted octanol–water partition coefficient (Wildman–Crippen LogP) is 5.28. The molecule has 0 aliphatic rings. The standard InChI is InChI=1S/C19H19BrClNO4/c1-2-10-22(19(25)26-12-13-6-4-3-5-7-13)17(18(23)24)15-9-8-14(20)11-16(15)21/h3-9,11,17H,2,10,12H2,1H3,(H,23,24). The number of carbonyl (C=O) groups excluding carboxylic acids is 1. The van der Waals surface area contributed by atoms with Crippen LogP contribution in [0.3, 0.4) is 0 Å². The molecule has 2 aromatic carbocycles. The van der Waals surface area contributed by atoms with Gasteiger partial charge in [-0.05, 0) is 24.1 Å². The van der Waals surface area contributed by atoms with Crippen molar-refractivity contribution in [3.63, 3.8) is 0 Å². The van der Waals surface area contributed by atoms with Gasteiger partial charge in [0, 0.05) is 21.6 Å². The van der Waals surface area contributed by atoms with Crippen molar-refractivity contribution >= 4 is 39.6 Å². The predicted molar refractivity (Wildman–Crippen MR) is 103 cm³/mol. The molecule has 26 heavy (non-hydrogen) atoms. The van der Waals surface area contributed by atoms with Crippen LogP contribution in [0.15, 0.2) is 53.0 Å². The van der Waals surface area contributed by atoms with Crippen molar-refractivity contribution in [2.75, 3.05) is 6.54 Å². The molecule has 0 saturated heterocycles. The number of hydrogen-bond acceptors (Lipinski definition) is 3. The van der Waals surface area contributed by atoms with Crippen LogP contribution in [0.4, 0.5) is 4.79 Å². The van der Waals surface area contributed by atoms with E-state index in [1.54, 1.807) is 18.2 Å². The minimum atomic E-state index is -1.22. The van der Waals surface area contributed by atoms with E-state index in [9.17, 15) is 14.7 Å². The highest BCUT2D eigenvalue weighted by Crippen LogP contribution is 2.31. The quantitative estimate of drug-likeness (QED) is 0.636. The number of aliphatic carboxylic acids is 1. The van der Waals surface area contributed by atoms with Crippen LogP contribution in [0.1, 0.15) is 30.5 Å². The maximum absolute atomic E-state index is 12.6. The van der Waals surface area contributed by atoms with Gasteiger partial charge in [-0.1, -0.05) is 70.9 Å². The number of ether oxygens (including phenoxy) is 1. The largest absolute Gasteiger partial charge is 0.479 e. The molecular formula is C19H19BrClNO4. The zero-order chi connectivity index (χ0) is 19.1. The molecule has 0 radical (unpaired) electrons. The summed E-state index contributed by atoms with van der Waals surface area (Å²) in [4.78, 5) is 25.7. The fourth-order valence-corrected chi connectivity index (χ4v) is 3.30. The van der Waals surface area contributed by atoms with E-state index in [1.165, 1.54) is 4.90 Å². The van der Waals surface area contributed by atoms with Crippen LogP contribution in [0, 0.1) is 0 Å². The van der Waals surface area contributed by atoms with Crippen molar-refractivity contribution in [1.82, 2.24) is 4.90 Å². The minimum absolute atomic E-state index is 0.0697. The molecule has 0 spiro atoms. The van der Waals surface area contributed by atoms with E-state index in [-0.39, 0.29) is 18.2 Å². The highest BCUT2D eigenvalue weighted by Gasteiger charge is 2.33. The first-order valence-corrected chi connectivity index (χ1v) is 9.26. The Hall–Kier alpha value is -2.05. The fraction of sp³-hybridized carbons (Fsp3) is 0.263. The van der Waals surface area contributed by atoms with Crippen LogP contribution in [0.25, 0.3) is 0 Å². The van der Waals surface area contributed by atoms with E-state index in [4.69, 9.17) is 16.3 Å². The maximum atomic E-state index is 12.6. The molecule has 1 N–H and O–H groups in total. The Morgan fingerprint density at radius 3 is 2.50 bits per heavy atom. The summed E-state index contributed by atoms with van der Waals surface area (Å²) in [5.74, 6) is -1.17. The Morgan fingerprint density at radius 1 is 1.23 bits per heavy atom. The summed E-state index contributed by atoms with van der Waals surface area (Å²) in [5, 5.41) is 10.00. The van der Waals surface area contributed by atoms with Gasteiger partial charge in [-0.2, -0.15) is 0 Å². The molecule has 0 aliphatic carbocycles. The summed E-state index contributed by atoms with van der Waals surface area (Å²) < 4.78 is 6.06. The number of halogens is 2. The summed E-state index contributed by atoms with van der Waals surface area (Å²) in [6, 6.07) is 12.9. The van der Waals surface area contributed by atoms with Gasteiger partial charge in [0.05, 0.1) is 0 Å². The SMILES string of the molecule is CCCN(C(=O)OCc1ccccc1)C(C(=O)O)c1ccc(Br)cc1Cl. The van der Waals surface area contributed by atoms with Crippen molar-refractivity contribution in [3.05, 3.63) is 69.2 Å². The molecule has 5 nitrogen and oxygen atoms in total. The molecule has 1 unspecified atom stereocenters. The molecule has 0 saturated carbocycles. The Bertz CT molecular complexity index is 769. The van der Waals surface area contributed by atoms with E-state index in [1.807, 2.05) is 37.3 Å². The molecule has 0 fully saturated rings. The van der Waals surface area contributed by atoms with Crippen LogP contribution in [0.2, 0.25) is 5.02 Å². The average molecular weight is 441 g/mol. The molecule has 0 aliphatic heterocycles. The smallest absolute Gasteiger partial charge is 0.411 e. The normalized spacial score (nSPS) is 11.7. The topological polar surface area (TPSA) is 66.8 Å². The first-order chi connectivity index (χ1) is 12.4. The second-order valence-electron chi connectivity index (χ2n) is 5.64. The van der Waals surface area contributed by atoms with Crippen molar-refractivity contribution in [1.29, 1.82) is 0 Å². The van der Waals surface area contributed by atoms with Crippen LogP contribution in [-0.4, -0.2) is 28.6 Å². The summed E-state index contributed by atoms with van der Waals surface area (Å²) in [6.07, 6.45) is -0.111. The Balaban J connectivity index is 2.25. The fourth-order valence-electron chi connectivity index (χ4n) is 2.53. The lowest BCUT2D eigenvalue weighted by molar-refractivity contribution is -0.143. The number of benzene rings is 2. The van der Waals surface area contributed by atoms with Gasteiger partial charge < -0.3 is 9.84 Å². The highest BCUT2D eigenvalue weighted by atomic mass is 79.9. The molecule has 0 bridgehead atoms. The van der Waals surface area contributed by atoms with E-state index in [0.29, 0.717) is 12.0 Å². The molecule has 0 aromatic heterocycles. The van der Waals surface area contributed by atoms with Gasteiger partial charge in [-0.3, -0.25) is 4.90 Å².